The minimum atomic E-state index is 0.490. The Bertz CT molecular complexity index is 1750. The molecule has 0 aromatic carbocycles. The lowest BCUT2D eigenvalue weighted by atomic mass is 9.87. The van der Waals surface area contributed by atoms with E-state index in [1.807, 2.05) is 50.0 Å². The third kappa shape index (κ3) is 4.19. The maximum Gasteiger partial charge on any atom is 0.128 e. The number of anilines is 1. The summed E-state index contributed by atoms with van der Waals surface area (Å²) < 4.78 is 3.55. The second-order valence-electron chi connectivity index (χ2n) is 10.1. The van der Waals surface area contributed by atoms with Crippen molar-refractivity contribution in [2.24, 2.45) is 7.05 Å². The normalized spacial score (nSPS) is 18.3. The summed E-state index contributed by atoms with van der Waals surface area (Å²) in [4.78, 5) is 14.0. The fourth-order valence-electron chi connectivity index (χ4n) is 5.67. The van der Waals surface area contributed by atoms with Gasteiger partial charge in [0.2, 0.25) is 0 Å². The van der Waals surface area contributed by atoms with Crippen LogP contribution in [-0.4, -0.2) is 66.0 Å². The van der Waals surface area contributed by atoms with Crippen molar-refractivity contribution in [1.29, 1.82) is 5.26 Å². The van der Waals surface area contributed by atoms with Crippen LogP contribution in [0.3, 0.4) is 0 Å². The molecule has 3 aliphatic rings. The van der Waals surface area contributed by atoms with Crippen LogP contribution in [0.4, 0.5) is 5.82 Å². The molecule has 8 rings (SSSR count). The number of aromatic nitrogens is 6. The number of fused-ring (bicyclic) bond motifs is 3. The van der Waals surface area contributed by atoms with E-state index in [1.165, 1.54) is 6.42 Å². The second-order valence-corrected chi connectivity index (χ2v) is 10.1. The molecule has 190 valence electrons. The van der Waals surface area contributed by atoms with Gasteiger partial charge in [-0.3, -0.25) is 9.58 Å². The molecule has 2 bridgehead atoms. The van der Waals surface area contributed by atoms with Crippen molar-refractivity contribution >= 4 is 11.3 Å². The van der Waals surface area contributed by atoms with Gasteiger partial charge in [0.05, 0.1) is 30.0 Å². The largest absolute Gasteiger partial charge is 0.353 e. The molecule has 2 atom stereocenters. The van der Waals surface area contributed by atoms with Gasteiger partial charge in [-0.25, -0.2) is 14.5 Å². The molecule has 3 fully saturated rings. The molecule has 9 nitrogen and oxygen atoms in total. The number of nitrogens with zero attached hydrogens (tertiary/aromatic N) is 9. The van der Waals surface area contributed by atoms with Crippen molar-refractivity contribution in [3.63, 3.8) is 0 Å². The number of nitriles is 1. The zero-order valence-corrected chi connectivity index (χ0v) is 21.4. The average Bonchev–Trinajstić information content (AvgIpc) is 3.61. The zero-order valence-electron chi connectivity index (χ0n) is 21.4. The van der Waals surface area contributed by atoms with E-state index in [4.69, 9.17) is 4.98 Å². The van der Waals surface area contributed by atoms with E-state index >= 15 is 0 Å². The molecular formula is C30H25N9. The number of rotatable bonds is 4. The lowest BCUT2D eigenvalue weighted by molar-refractivity contribution is 0.0125. The minimum Gasteiger partial charge on any atom is -0.353 e. The first-order valence-corrected chi connectivity index (χ1v) is 12.9. The first-order chi connectivity index (χ1) is 19.2. The highest BCUT2D eigenvalue weighted by molar-refractivity contribution is 5.87. The SMILES string of the molecule is Cn1cc(-c2cc(-c3ccc(N4CC5CC(C4)N5CC#Cc4ccccn4)nc3)c3c(C#N)cnn3c2)cn1. The van der Waals surface area contributed by atoms with Crippen molar-refractivity contribution in [3.8, 4) is 40.2 Å². The summed E-state index contributed by atoms with van der Waals surface area (Å²) in [6.07, 6.45) is 12.2. The average molecular weight is 512 g/mol. The van der Waals surface area contributed by atoms with Crippen molar-refractivity contribution < 1.29 is 0 Å². The molecule has 8 heterocycles. The number of aryl methyl sites for hydroxylation is 1. The molecule has 0 amide bonds. The molecule has 39 heavy (non-hydrogen) atoms. The van der Waals surface area contributed by atoms with E-state index in [0.717, 1.165) is 58.9 Å². The predicted molar refractivity (Wildman–Crippen MR) is 148 cm³/mol. The molecule has 0 spiro atoms. The maximum absolute atomic E-state index is 9.71. The summed E-state index contributed by atoms with van der Waals surface area (Å²) in [5, 5.41) is 18.5. The molecule has 5 aromatic heterocycles. The van der Waals surface area contributed by atoms with Crippen LogP contribution < -0.4 is 4.90 Å². The maximum atomic E-state index is 9.71. The van der Waals surface area contributed by atoms with Gasteiger partial charge < -0.3 is 4.90 Å². The molecule has 3 aliphatic heterocycles. The molecule has 0 aliphatic carbocycles. The second kappa shape index (κ2) is 9.39. The molecule has 0 saturated carbocycles. The summed E-state index contributed by atoms with van der Waals surface area (Å²) in [6.45, 7) is 2.65. The van der Waals surface area contributed by atoms with Gasteiger partial charge in [-0.05, 0) is 42.7 Å². The lowest BCUT2D eigenvalue weighted by Crippen LogP contribution is -2.68. The van der Waals surface area contributed by atoms with Crippen molar-refractivity contribution in [2.75, 3.05) is 24.5 Å². The molecule has 2 unspecified atom stereocenters. The number of hydrogen-bond donors (Lipinski definition) is 0. The van der Waals surface area contributed by atoms with Gasteiger partial charge in [0.25, 0.3) is 0 Å². The van der Waals surface area contributed by atoms with E-state index in [-0.39, 0.29) is 0 Å². The van der Waals surface area contributed by atoms with Crippen LogP contribution in [0.25, 0.3) is 27.8 Å². The van der Waals surface area contributed by atoms with Gasteiger partial charge in [-0.2, -0.15) is 15.5 Å². The van der Waals surface area contributed by atoms with Crippen LogP contribution in [-0.2, 0) is 7.05 Å². The Morgan fingerprint density at radius 3 is 2.56 bits per heavy atom. The topological polar surface area (TPSA) is 91.2 Å². The fourth-order valence-corrected chi connectivity index (χ4v) is 5.67. The number of piperazine rings is 1. The quantitative estimate of drug-likeness (QED) is 0.342. The van der Waals surface area contributed by atoms with Crippen molar-refractivity contribution in [1.82, 2.24) is 34.3 Å². The summed E-state index contributed by atoms with van der Waals surface area (Å²) in [5.74, 6) is 7.44. The molecule has 5 aromatic rings. The van der Waals surface area contributed by atoms with Crippen LogP contribution in [0, 0.1) is 23.2 Å². The highest BCUT2D eigenvalue weighted by Gasteiger charge is 2.44. The van der Waals surface area contributed by atoms with Crippen molar-refractivity contribution in [3.05, 3.63) is 84.8 Å². The minimum absolute atomic E-state index is 0.490. The van der Waals surface area contributed by atoms with Crippen LogP contribution in [0.1, 0.15) is 17.7 Å². The first-order valence-electron chi connectivity index (χ1n) is 12.9. The molecule has 9 heteroatoms. The summed E-state index contributed by atoms with van der Waals surface area (Å²) in [7, 11) is 1.90. The Morgan fingerprint density at radius 2 is 1.85 bits per heavy atom. The van der Waals surface area contributed by atoms with E-state index in [1.54, 1.807) is 21.6 Å². The summed E-state index contributed by atoms with van der Waals surface area (Å²) in [5.41, 5.74) is 5.96. The van der Waals surface area contributed by atoms with E-state index in [0.29, 0.717) is 17.6 Å². The van der Waals surface area contributed by atoms with Crippen molar-refractivity contribution in [2.45, 2.75) is 18.5 Å². The highest BCUT2D eigenvalue weighted by Crippen LogP contribution is 2.35. The van der Waals surface area contributed by atoms with Crippen LogP contribution in [0.2, 0.25) is 0 Å². The van der Waals surface area contributed by atoms with Gasteiger partial charge in [0.1, 0.15) is 17.6 Å². The summed E-state index contributed by atoms with van der Waals surface area (Å²) >= 11 is 0. The molecule has 0 radical (unpaired) electrons. The Labute approximate surface area is 226 Å². The lowest BCUT2D eigenvalue weighted by Gasteiger charge is -2.56. The predicted octanol–water partition coefficient (Wildman–Crippen LogP) is 3.38. The van der Waals surface area contributed by atoms with Crippen LogP contribution in [0.15, 0.2) is 73.6 Å². The van der Waals surface area contributed by atoms with Crippen LogP contribution >= 0.6 is 0 Å². The smallest absolute Gasteiger partial charge is 0.128 e. The molecular weight excluding hydrogens is 486 g/mol. The number of piperidine rings is 1. The summed E-state index contributed by atoms with van der Waals surface area (Å²) in [6, 6.07) is 15.3. The van der Waals surface area contributed by atoms with Gasteiger partial charge in [0, 0.05) is 79.3 Å². The van der Waals surface area contributed by atoms with Gasteiger partial charge in [0.15, 0.2) is 0 Å². The molecule has 0 N–H and O–H groups in total. The van der Waals surface area contributed by atoms with Gasteiger partial charge >= 0.3 is 0 Å². The number of hydrogen-bond acceptors (Lipinski definition) is 7. The zero-order chi connectivity index (χ0) is 26.3. The number of pyridine rings is 3. The Morgan fingerprint density at radius 1 is 0.949 bits per heavy atom. The van der Waals surface area contributed by atoms with Gasteiger partial charge in [-0.15, -0.1) is 0 Å². The molecule has 3 saturated heterocycles. The van der Waals surface area contributed by atoms with E-state index < -0.39 is 0 Å². The Kier molecular flexibility index (Phi) is 5.58. The highest BCUT2D eigenvalue weighted by atomic mass is 15.4. The van der Waals surface area contributed by atoms with E-state index in [9.17, 15) is 5.26 Å². The first kappa shape index (κ1) is 23.2. The Balaban J connectivity index is 1.11. The van der Waals surface area contributed by atoms with Crippen LogP contribution in [0.5, 0.6) is 0 Å². The van der Waals surface area contributed by atoms with E-state index in [2.05, 4.69) is 61.1 Å². The third-order valence-corrected chi connectivity index (χ3v) is 7.64. The standard InChI is InChI=1S/C30H25N9/c1-36-17-24(16-34-36)22-11-28(30-23(13-31)15-35-39(30)18-22)21-7-8-29(33-14-21)37-19-26-12-27(20-37)38(26)10-4-6-25-5-2-3-9-32-25/h2-3,5,7-9,11,14-18,26-27H,10,12,19-20H2,1H3. The fraction of sp³-hybridized carbons (Fsp3) is 0.233. The third-order valence-electron chi connectivity index (χ3n) is 7.64. The monoisotopic (exact) mass is 511 g/mol. The Hall–Kier alpha value is -4.99. The van der Waals surface area contributed by atoms with Gasteiger partial charge in [-0.1, -0.05) is 12.0 Å².